The summed E-state index contributed by atoms with van der Waals surface area (Å²) >= 11 is 0. The molecule has 2 aromatic rings. The van der Waals surface area contributed by atoms with Crippen molar-refractivity contribution in [2.75, 3.05) is 7.11 Å². The number of halogens is 1. The van der Waals surface area contributed by atoms with Crippen molar-refractivity contribution in [3.05, 3.63) is 70.8 Å². The van der Waals surface area contributed by atoms with Crippen molar-refractivity contribution in [1.82, 2.24) is 0 Å². The Balaban J connectivity index is 2.25. The monoisotopic (exact) mass is 258 g/mol. The summed E-state index contributed by atoms with van der Waals surface area (Å²) in [4.78, 5) is 11.3. The predicted molar refractivity (Wildman–Crippen MR) is 71.9 cm³/mol. The van der Waals surface area contributed by atoms with Crippen LogP contribution in [0.1, 0.15) is 33.2 Å². The van der Waals surface area contributed by atoms with Gasteiger partial charge in [0.15, 0.2) is 6.17 Å². The van der Waals surface area contributed by atoms with Gasteiger partial charge >= 0.3 is 5.97 Å². The molecule has 0 amide bonds. The van der Waals surface area contributed by atoms with Crippen LogP contribution in [0.25, 0.3) is 0 Å². The number of benzene rings is 2. The molecule has 0 saturated carbocycles. The first kappa shape index (κ1) is 13.3. The summed E-state index contributed by atoms with van der Waals surface area (Å²) in [7, 11) is 1.32. The molecule has 19 heavy (non-hydrogen) atoms. The van der Waals surface area contributed by atoms with Gasteiger partial charge < -0.3 is 4.74 Å². The van der Waals surface area contributed by atoms with E-state index in [1.54, 1.807) is 30.3 Å². The molecule has 0 aliphatic rings. The number of carbonyl (C=O) groups is 1. The van der Waals surface area contributed by atoms with Crippen LogP contribution in [0.5, 0.6) is 0 Å². The van der Waals surface area contributed by atoms with Gasteiger partial charge in [-0.05, 0) is 30.2 Å². The Kier molecular flexibility index (Phi) is 3.95. The highest BCUT2D eigenvalue weighted by atomic mass is 19.1. The molecule has 0 heterocycles. The topological polar surface area (TPSA) is 26.3 Å². The second-order valence-electron chi connectivity index (χ2n) is 4.39. The standard InChI is InChI=1S/C16H15FO2/c1-11-4-3-5-14(10-11)15(17)12-6-8-13(9-7-12)16(18)19-2/h3-10,15H,1-2H3/t15-/m1/s1. The van der Waals surface area contributed by atoms with Gasteiger partial charge in [-0.1, -0.05) is 42.0 Å². The highest BCUT2D eigenvalue weighted by Crippen LogP contribution is 2.26. The third-order valence-corrected chi connectivity index (χ3v) is 2.96. The molecule has 98 valence electrons. The molecule has 2 aromatic carbocycles. The van der Waals surface area contributed by atoms with Crippen molar-refractivity contribution in [2.24, 2.45) is 0 Å². The first-order valence-electron chi connectivity index (χ1n) is 6.00. The Labute approximate surface area is 111 Å². The lowest BCUT2D eigenvalue weighted by Gasteiger charge is -2.10. The summed E-state index contributed by atoms with van der Waals surface area (Å²) in [6.07, 6.45) is -1.19. The summed E-state index contributed by atoms with van der Waals surface area (Å²) < 4.78 is 19.0. The summed E-state index contributed by atoms with van der Waals surface area (Å²) in [6.45, 7) is 1.93. The number of hydrogen-bond donors (Lipinski definition) is 0. The fourth-order valence-electron chi connectivity index (χ4n) is 1.93. The normalized spacial score (nSPS) is 11.9. The highest BCUT2D eigenvalue weighted by molar-refractivity contribution is 5.89. The lowest BCUT2D eigenvalue weighted by Crippen LogP contribution is -2.02. The summed E-state index contributed by atoms with van der Waals surface area (Å²) in [5.74, 6) is -0.419. The van der Waals surface area contributed by atoms with Gasteiger partial charge in [-0.25, -0.2) is 9.18 Å². The maximum atomic E-state index is 14.3. The third-order valence-electron chi connectivity index (χ3n) is 2.96. The molecular formula is C16H15FO2. The van der Waals surface area contributed by atoms with Crippen molar-refractivity contribution >= 4 is 5.97 Å². The first-order chi connectivity index (χ1) is 9.11. The molecule has 0 unspecified atom stereocenters. The maximum Gasteiger partial charge on any atom is 0.337 e. The molecule has 0 radical (unpaired) electrons. The van der Waals surface area contributed by atoms with Crippen molar-refractivity contribution in [2.45, 2.75) is 13.1 Å². The van der Waals surface area contributed by atoms with E-state index in [0.717, 1.165) is 5.56 Å². The number of esters is 1. The van der Waals surface area contributed by atoms with Gasteiger partial charge in [0.1, 0.15) is 0 Å². The number of ether oxygens (including phenoxy) is 1. The van der Waals surface area contributed by atoms with Gasteiger partial charge in [-0.2, -0.15) is 0 Å². The van der Waals surface area contributed by atoms with Gasteiger partial charge in [0, 0.05) is 0 Å². The summed E-state index contributed by atoms with van der Waals surface area (Å²) in [5.41, 5.74) is 2.58. The molecule has 0 aromatic heterocycles. The highest BCUT2D eigenvalue weighted by Gasteiger charge is 2.13. The molecule has 2 rings (SSSR count). The number of carbonyl (C=O) groups excluding carboxylic acids is 1. The summed E-state index contributed by atoms with van der Waals surface area (Å²) in [6, 6.07) is 13.7. The van der Waals surface area contributed by atoms with Crippen molar-refractivity contribution in [1.29, 1.82) is 0 Å². The van der Waals surface area contributed by atoms with E-state index in [1.807, 2.05) is 25.1 Å². The first-order valence-corrected chi connectivity index (χ1v) is 6.00. The minimum absolute atomic E-state index is 0.419. The average molecular weight is 258 g/mol. The number of rotatable bonds is 3. The van der Waals surface area contributed by atoms with Crippen LogP contribution < -0.4 is 0 Å². The van der Waals surface area contributed by atoms with E-state index in [-0.39, 0.29) is 0 Å². The molecule has 3 heteroatoms. The molecule has 0 aliphatic heterocycles. The van der Waals surface area contributed by atoms with Gasteiger partial charge in [0.05, 0.1) is 12.7 Å². The zero-order valence-electron chi connectivity index (χ0n) is 10.9. The van der Waals surface area contributed by atoms with Crippen molar-refractivity contribution in [3.63, 3.8) is 0 Å². The second kappa shape index (κ2) is 5.65. The van der Waals surface area contributed by atoms with Crippen LogP contribution in [0, 0.1) is 6.92 Å². The molecule has 0 fully saturated rings. The van der Waals surface area contributed by atoms with E-state index < -0.39 is 12.1 Å². The smallest absolute Gasteiger partial charge is 0.337 e. The van der Waals surface area contributed by atoms with E-state index in [9.17, 15) is 9.18 Å². The molecule has 1 atom stereocenters. The zero-order valence-corrected chi connectivity index (χ0v) is 10.9. The SMILES string of the molecule is COC(=O)c1ccc([C@@H](F)c2cccc(C)c2)cc1. The van der Waals surface area contributed by atoms with E-state index in [4.69, 9.17) is 0 Å². The second-order valence-corrected chi connectivity index (χ2v) is 4.39. The predicted octanol–water partition coefficient (Wildman–Crippen LogP) is 3.84. The molecule has 0 spiro atoms. The Morgan fingerprint density at radius 3 is 2.37 bits per heavy atom. The van der Waals surface area contributed by atoms with Crippen LogP contribution in [0.2, 0.25) is 0 Å². The molecular weight excluding hydrogens is 243 g/mol. The number of hydrogen-bond acceptors (Lipinski definition) is 2. The number of alkyl halides is 1. The van der Waals surface area contributed by atoms with Crippen LogP contribution in [0.4, 0.5) is 4.39 Å². The lowest BCUT2D eigenvalue weighted by atomic mass is 10.0. The van der Waals surface area contributed by atoms with Crippen LogP contribution in [-0.4, -0.2) is 13.1 Å². The van der Waals surface area contributed by atoms with E-state index in [2.05, 4.69) is 4.74 Å². The van der Waals surface area contributed by atoms with Crippen molar-refractivity contribution in [3.8, 4) is 0 Å². The minimum Gasteiger partial charge on any atom is -0.465 e. The van der Waals surface area contributed by atoms with Crippen LogP contribution in [0.3, 0.4) is 0 Å². The quantitative estimate of drug-likeness (QED) is 0.782. The fraction of sp³-hybridized carbons (Fsp3) is 0.188. The summed E-state index contributed by atoms with van der Waals surface area (Å²) in [5, 5.41) is 0. The molecule has 0 bridgehead atoms. The van der Waals surface area contributed by atoms with Crippen molar-refractivity contribution < 1.29 is 13.9 Å². The fourth-order valence-corrected chi connectivity index (χ4v) is 1.93. The third kappa shape index (κ3) is 2.99. The largest absolute Gasteiger partial charge is 0.465 e. The number of methoxy groups -OCH3 is 1. The average Bonchev–Trinajstić information content (AvgIpc) is 2.46. The molecule has 2 nitrogen and oxygen atoms in total. The van der Waals surface area contributed by atoms with Gasteiger partial charge in [-0.3, -0.25) is 0 Å². The van der Waals surface area contributed by atoms with Gasteiger partial charge in [0.2, 0.25) is 0 Å². The van der Waals surface area contributed by atoms with Gasteiger partial charge in [0.25, 0.3) is 0 Å². The Hall–Kier alpha value is -2.16. The number of aryl methyl sites for hydroxylation is 1. The Bertz CT molecular complexity index is 576. The minimum atomic E-state index is -1.19. The maximum absolute atomic E-state index is 14.3. The Morgan fingerprint density at radius 1 is 1.11 bits per heavy atom. The molecule has 0 aliphatic carbocycles. The van der Waals surface area contributed by atoms with Crippen LogP contribution in [0.15, 0.2) is 48.5 Å². The van der Waals surface area contributed by atoms with Crippen LogP contribution in [-0.2, 0) is 4.74 Å². The Morgan fingerprint density at radius 2 is 1.79 bits per heavy atom. The van der Waals surface area contributed by atoms with Gasteiger partial charge in [-0.15, -0.1) is 0 Å². The zero-order chi connectivity index (χ0) is 13.8. The van der Waals surface area contributed by atoms with Crippen LogP contribution >= 0.6 is 0 Å². The van der Waals surface area contributed by atoms with E-state index in [0.29, 0.717) is 16.7 Å². The molecule has 0 saturated heterocycles. The van der Waals surface area contributed by atoms with E-state index in [1.165, 1.54) is 7.11 Å². The lowest BCUT2D eigenvalue weighted by molar-refractivity contribution is 0.0600. The molecule has 0 N–H and O–H groups in total. The van der Waals surface area contributed by atoms with E-state index >= 15 is 0 Å².